The number of rotatable bonds is 8. The van der Waals surface area contributed by atoms with Crippen molar-refractivity contribution in [1.82, 2.24) is 4.98 Å². The largest absolute Gasteiger partial charge is 0.494 e. The zero-order chi connectivity index (χ0) is 22.6. The first-order chi connectivity index (χ1) is 14.7. The van der Waals surface area contributed by atoms with Crippen molar-refractivity contribution in [1.29, 1.82) is 0 Å². The molecular formula is C20H20F4N2O4S. The molecule has 1 heterocycles. The number of esters is 1. The molecule has 0 bridgehead atoms. The Hall–Kier alpha value is -2.69. The zero-order valence-corrected chi connectivity index (χ0v) is 17.3. The van der Waals surface area contributed by atoms with Crippen LogP contribution in [0.2, 0.25) is 0 Å². The molecule has 0 spiro atoms. The number of ether oxygens (including phenoxy) is 2. The highest BCUT2D eigenvalue weighted by molar-refractivity contribution is 7.22. The van der Waals surface area contributed by atoms with Gasteiger partial charge in [0, 0.05) is 0 Å². The van der Waals surface area contributed by atoms with Crippen LogP contribution in [0.15, 0.2) is 30.4 Å². The van der Waals surface area contributed by atoms with E-state index in [9.17, 15) is 27.2 Å². The maximum absolute atomic E-state index is 13.1. The molecule has 168 valence electrons. The smallest absolute Gasteiger partial charge is 0.340 e. The number of nitrogens with one attached hydrogen (secondary N) is 1. The van der Waals surface area contributed by atoms with Gasteiger partial charge in [0.15, 0.2) is 11.7 Å². The third kappa shape index (κ3) is 5.52. The lowest BCUT2D eigenvalue weighted by Crippen LogP contribution is -2.39. The van der Waals surface area contributed by atoms with Gasteiger partial charge in [-0.1, -0.05) is 23.5 Å². The number of alkyl halides is 4. The van der Waals surface area contributed by atoms with Gasteiger partial charge in [-0.25, -0.2) is 13.8 Å². The summed E-state index contributed by atoms with van der Waals surface area (Å²) in [6.45, 7) is 0.624. The van der Waals surface area contributed by atoms with Gasteiger partial charge in [0.1, 0.15) is 5.75 Å². The summed E-state index contributed by atoms with van der Waals surface area (Å²) in [5.74, 6) is -7.39. The van der Waals surface area contributed by atoms with Crippen LogP contribution < -0.4 is 10.1 Å². The SMILES string of the molecule is CCOc1ccc2nc(NC(=O)[C@@H]3CC=CC[C@H]3C(=O)OCC(F)(F)C(F)F)sc2c1. The molecule has 0 saturated carbocycles. The minimum atomic E-state index is -4.45. The number of carbonyl (C=O) groups excluding carboxylic acids is 2. The summed E-state index contributed by atoms with van der Waals surface area (Å²) in [6.07, 6.45) is -0.388. The predicted molar refractivity (Wildman–Crippen MR) is 107 cm³/mol. The second-order valence-electron chi connectivity index (χ2n) is 6.90. The molecule has 0 radical (unpaired) electrons. The van der Waals surface area contributed by atoms with Gasteiger partial charge < -0.3 is 14.8 Å². The maximum Gasteiger partial charge on any atom is 0.340 e. The number of hydrogen-bond donors (Lipinski definition) is 1. The van der Waals surface area contributed by atoms with Crippen molar-refractivity contribution in [3.8, 4) is 5.75 Å². The van der Waals surface area contributed by atoms with Crippen molar-refractivity contribution >= 4 is 38.6 Å². The number of fused-ring (bicyclic) bond motifs is 1. The Morgan fingerprint density at radius 3 is 2.65 bits per heavy atom. The third-order valence-electron chi connectivity index (χ3n) is 4.70. The molecule has 0 saturated heterocycles. The standard InChI is InChI=1S/C20H20F4N2O4S/c1-2-29-11-7-8-14-15(9-11)31-19(25-14)26-16(27)12-5-3-4-6-13(12)17(28)30-10-20(23,24)18(21)22/h3-4,7-9,12-13,18H,2,5-6,10H2,1H3,(H,25,26,27)/t12-,13-/m1/s1. The van der Waals surface area contributed by atoms with Gasteiger partial charge in [-0.15, -0.1) is 0 Å². The van der Waals surface area contributed by atoms with Crippen molar-refractivity contribution in [2.75, 3.05) is 18.5 Å². The summed E-state index contributed by atoms with van der Waals surface area (Å²) in [5, 5.41) is 2.95. The molecule has 31 heavy (non-hydrogen) atoms. The summed E-state index contributed by atoms with van der Waals surface area (Å²) in [7, 11) is 0. The monoisotopic (exact) mass is 460 g/mol. The first kappa shape index (κ1) is 23.0. The van der Waals surface area contributed by atoms with Gasteiger partial charge >= 0.3 is 18.3 Å². The molecule has 3 rings (SSSR count). The van der Waals surface area contributed by atoms with Gasteiger partial charge in [-0.3, -0.25) is 9.59 Å². The van der Waals surface area contributed by atoms with Crippen LogP contribution in [-0.4, -0.2) is 42.4 Å². The van der Waals surface area contributed by atoms with Gasteiger partial charge in [0.25, 0.3) is 0 Å². The van der Waals surface area contributed by atoms with E-state index in [0.717, 1.165) is 4.70 Å². The van der Waals surface area contributed by atoms with Crippen LogP contribution in [0, 0.1) is 11.8 Å². The van der Waals surface area contributed by atoms with E-state index in [0.29, 0.717) is 23.0 Å². The highest BCUT2D eigenvalue weighted by Gasteiger charge is 2.44. The number of allylic oxidation sites excluding steroid dienone is 2. The minimum Gasteiger partial charge on any atom is -0.494 e. The average Bonchev–Trinajstić information content (AvgIpc) is 3.13. The van der Waals surface area contributed by atoms with Crippen LogP contribution in [0.4, 0.5) is 22.7 Å². The van der Waals surface area contributed by atoms with Crippen LogP contribution in [0.5, 0.6) is 5.75 Å². The highest BCUT2D eigenvalue weighted by atomic mass is 32.1. The Morgan fingerprint density at radius 2 is 1.97 bits per heavy atom. The first-order valence-corrected chi connectivity index (χ1v) is 10.3. The topological polar surface area (TPSA) is 77.5 Å². The number of aromatic nitrogens is 1. The number of anilines is 1. The molecule has 1 aliphatic carbocycles. The predicted octanol–water partition coefficient (Wildman–Crippen LogP) is 4.66. The molecule has 1 aliphatic rings. The first-order valence-electron chi connectivity index (χ1n) is 9.53. The Kier molecular flexibility index (Phi) is 7.14. The molecule has 0 aliphatic heterocycles. The molecule has 2 atom stereocenters. The van der Waals surface area contributed by atoms with Crippen LogP contribution >= 0.6 is 11.3 Å². The summed E-state index contributed by atoms with van der Waals surface area (Å²) in [5.41, 5.74) is 0.650. The van der Waals surface area contributed by atoms with Crippen molar-refractivity contribution in [3.63, 3.8) is 0 Å². The van der Waals surface area contributed by atoms with Crippen LogP contribution in [0.3, 0.4) is 0 Å². The average molecular weight is 460 g/mol. The molecule has 0 fully saturated rings. The molecule has 1 aromatic carbocycles. The molecule has 1 aromatic heterocycles. The van der Waals surface area contributed by atoms with Crippen molar-refractivity contribution in [3.05, 3.63) is 30.4 Å². The zero-order valence-electron chi connectivity index (χ0n) is 16.4. The molecule has 0 unspecified atom stereocenters. The molecule has 2 aromatic rings. The normalized spacial score (nSPS) is 18.9. The number of carbonyl (C=O) groups is 2. The second-order valence-corrected chi connectivity index (χ2v) is 7.93. The molecular weight excluding hydrogens is 440 g/mol. The lowest BCUT2D eigenvalue weighted by atomic mass is 9.82. The van der Waals surface area contributed by atoms with Gasteiger partial charge in [-0.05, 0) is 38.0 Å². The summed E-state index contributed by atoms with van der Waals surface area (Å²) >= 11 is 1.22. The Morgan fingerprint density at radius 1 is 1.26 bits per heavy atom. The fourth-order valence-electron chi connectivity index (χ4n) is 3.11. The van der Waals surface area contributed by atoms with Gasteiger partial charge in [0.05, 0.1) is 28.7 Å². The van der Waals surface area contributed by atoms with E-state index in [4.69, 9.17) is 4.74 Å². The van der Waals surface area contributed by atoms with E-state index in [-0.39, 0.29) is 12.8 Å². The van der Waals surface area contributed by atoms with E-state index in [1.54, 1.807) is 30.4 Å². The van der Waals surface area contributed by atoms with Crippen molar-refractivity contribution < 1.29 is 36.6 Å². The van der Waals surface area contributed by atoms with E-state index >= 15 is 0 Å². The number of benzene rings is 1. The van der Waals surface area contributed by atoms with Crippen LogP contribution in [0.1, 0.15) is 19.8 Å². The fourth-order valence-corrected chi connectivity index (χ4v) is 4.01. The van der Waals surface area contributed by atoms with E-state index in [1.807, 2.05) is 6.92 Å². The third-order valence-corrected chi connectivity index (χ3v) is 5.63. The van der Waals surface area contributed by atoms with Crippen molar-refractivity contribution in [2.24, 2.45) is 11.8 Å². The Balaban J connectivity index is 1.68. The number of amides is 1. The van der Waals surface area contributed by atoms with E-state index in [2.05, 4.69) is 15.0 Å². The number of thiazole rings is 1. The van der Waals surface area contributed by atoms with Gasteiger partial charge in [0.2, 0.25) is 5.91 Å². The Labute approximate surface area is 179 Å². The molecule has 1 N–H and O–H groups in total. The van der Waals surface area contributed by atoms with Crippen LogP contribution in [-0.2, 0) is 14.3 Å². The number of hydrogen-bond acceptors (Lipinski definition) is 6. The summed E-state index contributed by atoms with van der Waals surface area (Å²) in [6, 6.07) is 5.29. The van der Waals surface area contributed by atoms with Gasteiger partial charge in [-0.2, -0.15) is 8.78 Å². The quantitative estimate of drug-likeness (QED) is 0.352. The van der Waals surface area contributed by atoms with Crippen LogP contribution in [0.25, 0.3) is 10.2 Å². The lowest BCUT2D eigenvalue weighted by molar-refractivity contribution is -0.184. The molecule has 1 amide bonds. The minimum absolute atomic E-state index is 0.0781. The summed E-state index contributed by atoms with van der Waals surface area (Å²) in [4.78, 5) is 29.3. The fraction of sp³-hybridized carbons (Fsp3) is 0.450. The lowest BCUT2D eigenvalue weighted by Gasteiger charge is -2.26. The van der Waals surface area contributed by atoms with E-state index in [1.165, 1.54) is 11.3 Å². The molecule has 11 heteroatoms. The number of nitrogens with zero attached hydrogens (tertiary/aromatic N) is 1. The number of halogens is 4. The Bertz CT molecular complexity index is 979. The molecule has 6 nitrogen and oxygen atoms in total. The van der Waals surface area contributed by atoms with Crippen molar-refractivity contribution in [2.45, 2.75) is 32.1 Å². The maximum atomic E-state index is 13.1. The second kappa shape index (κ2) is 9.63. The summed E-state index contributed by atoms with van der Waals surface area (Å²) < 4.78 is 61.3. The highest BCUT2D eigenvalue weighted by Crippen LogP contribution is 2.32. The van der Waals surface area contributed by atoms with E-state index < -0.39 is 42.7 Å².